The number of ether oxygens (including phenoxy) is 1. The average molecular weight is 370 g/mol. The molecule has 0 radical (unpaired) electrons. The third-order valence-corrected chi connectivity index (χ3v) is 6.15. The Kier molecular flexibility index (Phi) is 6.61. The highest BCUT2D eigenvalue weighted by Gasteiger charge is 2.43. The molecule has 3 atom stereocenters. The van der Waals surface area contributed by atoms with Crippen LogP contribution in [-0.2, 0) is 9.53 Å². The van der Waals surface area contributed by atoms with E-state index < -0.39 is 11.5 Å². The third-order valence-electron chi connectivity index (χ3n) is 6.15. The Morgan fingerprint density at radius 2 is 1.85 bits per heavy atom. The van der Waals surface area contributed by atoms with Crippen LogP contribution < -0.4 is 0 Å². The van der Waals surface area contributed by atoms with Gasteiger partial charge in [-0.25, -0.2) is 0 Å². The summed E-state index contributed by atoms with van der Waals surface area (Å²) in [5, 5.41) is 11.1. The van der Waals surface area contributed by atoms with E-state index in [-0.39, 0.29) is 30.7 Å². The van der Waals surface area contributed by atoms with E-state index in [4.69, 9.17) is 4.74 Å². The summed E-state index contributed by atoms with van der Waals surface area (Å²) >= 11 is 0. The fourth-order valence-electron chi connectivity index (χ4n) is 4.32. The van der Waals surface area contributed by atoms with Crippen molar-refractivity contribution in [2.75, 3.05) is 6.61 Å². The molecule has 1 aromatic rings. The normalized spacial score (nSPS) is 30.9. The van der Waals surface area contributed by atoms with Gasteiger partial charge in [-0.3, -0.25) is 9.59 Å². The first-order valence-electron chi connectivity index (χ1n) is 10.1. The van der Waals surface area contributed by atoms with Crippen LogP contribution in [0.5, 0.6) is 0 Å². The largest absolute Gasteiger partial charge is 0.379 e. The molecular formula is C23H30O4. The van der Waals surface area contributed by atoms with Crippen LogP contribution in [0.25, 0.3) is 0 Å². The minimum absolute atomic E-state index is 0.0400. The monoisotopic (exact) mass is 370 g/mol. The first-order valence-corrected chi connectivity index (χ1v) is 10.1. The van der Waals surface area contributed by atoms with E-state index >= 15 is 0 Å². The Labute approximate surface area is 161 Å². The van der Waals surface area contributed by atoms with Gasteiger partial charge in [0.25, 0.3) is 0 Å². The molecular weight excluding hydrogens is 340 g/mol. The molecule has 4 heteroatoms. The second-order valence-electron chi connectivity index (χ2n) is 7.99. The zero-order chi connectivity index (χ0) is 19.3. The van der Waals surface area contributed by atoms with Gasteiger partial charge >= 0.3 is 0 Å². The van der Waals surface area contributed by atoms with Crippen LogP contribution in [0.3, 0.4) is 0 Å². The van der Waals surface area contributed by atoms with Gasteiger partial charge in [0.05, 0.1) is 12.7 Å². The first kappa shape index (κ1) is 20.0. The van der Waals surface area contributed by atoms with Crippen molar-refractivity contribution in [3.63, 3.8) is 0 Å². The fraction of sp³-hybridized carbons (Fsp3) is 0.565. The fourth-order valence-corrected chi connectivity index (χ4v) is 4.32. The van der Waals surface area contributed by atoms with Crippen LogP contribution in [0.2, 0.25) is 0 Å². The predicted molar refractivity (Wildman–Crippen MR) is 105 cm³/mol. The first-order chi connectivity index (χ1) is 13.0. The molecule has 27 heavy (non-hydrogen) atoms. The molecule has 2 aliphatic rings. The Bertz CT molecular complexity index is 675. The predicted octanol–water partition coefficient (Wildman–Crippen LogP) is 4.12. The summed E-state index contributed by atoms with van der Waals surface area (Å²) in [7, 11) is 0. The van der Waals surface area contributed by atoms with E-state index in [2.05, 4.69) is 0 Å². The van der Waals surface area contributed by atoms with E-state index in [9.17, 15) is 14.7 Å². The van der Waals surface area contributed by atoms with Crippen molar-refractivity contribution in [3.05, 3.63) is 48.0 Å². The maximum atomic E-state index is 12.6. The van der Waals surface area contributed by atoms with E-state index in [0.29, 0.717) is 11.5 Å². The lowest BCUT2D eigenvalue weighted by atomic mass is 9.78. The lowest BCUT2D eigenvalue weighted by Gasteiger charge is -2.37. The molecule has 1 aromatic carbocycles. The van der Waals surface area contributed by atoms with Crippen LogP contribution in [0.1, 0.15) is 62.2 Å². The maximum absolute atomic E-state index is 12.6. The Hall–Kier alpha value is -1.78. The quantitative estimate of drug-likeness (QED) is 0.625. The SMILES string of the molecule is CC(=O)[C@@]1(O)CO[C@@H](C2CCCCC2)C/C=C\[C@@H]1CC(=O)c1ccccc1. The summed E-state index contributed by atoms with van der Waals surface area (Å²) in [5.41, 5.74) is -1.06. The molecule has 0 bridgehead atoms. The molecule has 1 aliphatic heterocycles. The van der Waals surface area contributed by atoms with Gasteiger partial charge in [0.2, 0.25) is 0 Å². The number of Topliss-reactive ketones (excluding diaryl/α,β-unsaturated/α-hetero) is 2. The van der Waals surface area contributed by atoms with E-state index in [1.54, 1.807) is 12.1 Å². The van der Waals surface area contributed by atoms with Crippen molar-refractivity contribution in [2.45, 2.75) is 63.6 Å². The highest BCUT2D eigenvalue weighted by molar-refractivity contribution is 5.97. The van der Waals surface area contributed by atoms with Crippen LogP contribution in [0, 0.1) is 11.8 Å². The van der Waals surface area contributed by atoms with Gasteiger partial charge in [-0.15, -0.1) is 0 Å². The number of benzene rings is 1. The zero-order valence-corrected chi connectivity index (χ0v) is 16.1. The molecule has 0 amide bonds. The Balaban J connectivity index is 1.76. The lowest BCUT2D eigenvalue weighted by molar-refractivity contribution is -0.154. The van der Waals surface area contributed by atoms with Crippen molar-refractivity contribution in [1.29, 1.82) is 0 Å². The van der Waals surface area contributed by atoms with Crippen molar-refractivity contribution in [2.24, 2.45) is 11.8 Å². The van der Waals surface area contributed by atoms with E-state index in [1.165, 1.54) is 26.2 Å². The Morgan fingerprint density at radius 1 is 1.15 bits per heavy atom. The van der Waals surface area contributed by atoms with E-state index in [1.807, 2.05) is 30.4 Å². The van der Waals surface area contributed by atoms with E-state index in [0.717, 1.165) is 19.3 Å². The molecule has 0 saturated heterocycles. The average Bonchev–Trinajstić information content (AvgIpc) is 2.69. The van der Waals surface area contributed by atoms with Gasteiger partial charge in [0.1, 0.15) is 0 Å². The molecule has 1 aliphatic carbocycles. The summed E-state index contributed by atoms with van der Waals surface area (Å²) in [5.74, 6) is -0.506. The van der Waals surface area contributed by atoms with Gasteiger partial charge < -0.3 is 9.84 Å². The third kappa shape index (κ3) is 4.74. The van der Waals surface area contributed by atoms with Gasteiger partial charge in [0.15, 0.2) is 17.2 Å². The number of rotatable bonds is 5. The van der Waals surface area contributed by atoms with Crippen LogP contribution in [0.15, 0.2) is 42.5 Å². The maximum Gasteiger partial charge on any atom is 0.164 e. The smallest absolute Gasteiger partial charge is 0.164 e. The summed E-state index contributed by atoms with van der Waals surface area (Å²) in [6.07, 6.45) is 10.8. The van der Waals surface area contributed by atoms with Crippen molar-refractivity contribution in [3.8, 4) is 0 Å². The summed E-state index contributed by atoms with van der Waals surface area (Å²) in [4.78, 5) is 25.0. The summed E-state index contributed by atoms with van der Waals surface area (Å²) in [6.45, 7) is 1.34. The van der Waals surface area contributed by atoms with Crippen LogP contribution in [0.4, 0.5) is 0 Å². The van der Waals surface area contributed by atoms with Gasteiger partial charge in [0, 0.05) is 17.9 Å². The highest BCUT2D eigenvalue weighted by Crippen LogP contribution is 2.34. The summed E-state index contributed by atoms with van der Waals surface area (Å²) in [6, 6.07) is 9.01. The highest BCUT2D eigenvalue weighted by atomic mass is 16.5. The minimum Gasteiger partial charge on any atom is -0.379 e. The van der Waals surface area contributed by atoms with Gasteiger partial charge in [-0.1, -0.05) is 61.7 Å². The second-order valence-corrected chi connectivity index (χ2v) is 7.99. The topological polar surface area (TPSA) is 63.6 Å². The molecule has 0 aromatic heterocycles. The Morgan fingerprint density at radius 3 is 2.52 bits per heavy atom. The van der Waals surface area contributed by atoms with Gasteiger partial charge in [-0.05, 0) is 32.1 Å². The van der Waals surface area contributed by atoms with Gasteiger partial charge in [-0.2, -0.15) is 0 Å². The number of carbonyl (C=O) groups excluding carboxylic acids is 2. The zero-order valence-electron chi connectivity index (χ0n) is 16.1. The second kappa shape index (κ2) is 8.94. The molecule has 0 unspecified atom stereocenters. The van der Waals surface area contributed by atoms with Crippen LogP contribution >= 0.6 is 0 Å². The minimum atomic E-state index is -1.66. The molecule has 3 rings (SSSR count). The molecule has 1 N–H and O–H groups in total. The van der Waals surface area contributed by atoms with Crippen LogP contribution in [-0.4, -0.2) is 35.0 Å². The standard InChI is InChI=1S/C23H30O4/c1-17(24)23(26)16-27-22(19-11-6-3-7-12-19)14-8-13-20(23)15-21(25)18-9-4-2-5-10-18/h2,4-5,8-10,13,19-20,22,26H,3,6-7,11-12,14-16H2,1H3/b13-8-/t20-,22-,23+/m1/s1. The number of aliphatic hydroxyl groups is 1. The van der Waals surface area contributed by atoms with Crippen molar-refractivity contribution < 1.29 is 19.4 Å². The molecule has 146 valence electrons. The lowest BCUT2D eigenvalue weighted by Crippen LogP contribution is -2.50. The van der Waals surface area contributed by atoms with Crippen molar-refractivity contribution in [1.82, 2.24) is 0 Å². The summed E-state index contributed by atoms with van der Waals surface area (Å²) < 4.78 is 6.08. The number of ketones is 2. The molecule has 1 fully saturated rings. The number of carbonyl (C=O) groups is 2. The molecule has 0 spiro atoms. The molecule has 4 nitrogen and oxygen atoms in total. The van der Waals surface area contributed by atoms with Crippen molar-refractivity contribution >= 4 is 11.6 Å². The molecule has 1 saturated carbocycles. The number of hydrogen-bond acceptors (Lipinski definition) is 4. The molecule has 1 heterocycles. The number of hydrogen-bond donors (Lipinski definition) is 1.